The Labute approximate surface area is 151 Å². The Bertz CT molecular complexity index is 948. The summed E-state index contributed by atoms with van der Waals surface area (Å²) in [7, 11) is 5.29. The number of fused-ring (bicyclic) bond motifs is 1. The Kier molecular flexibility index (Phi) is 4.99. The van der Waals surface area contributed by atoms with Gasteiger partial charge in [0.05, 0.1) is 7.11 Å². The summed E-state index contributed by atoms with van der Waals surface area (Å²) < 4.78 is 19.9. The molecule has 0 unspecified atom stereocenters. The van der Waals surface area contributed by atoms with E-state index in [1.54, 1.807) is 16.6 Å². The number of rotatable bonds is 5. The van der Waals surface area contributed by atoms with Gasteiger partial charge >= 0.3 is 5.97 Å². The molecule has 0 saturated heterocycles. The van der Waals surface area contributed by atoms with Crippen LogP contribution in [0.15, 0.2) is 30.3 Å². The highest BCUT2D eigenvalue weighted by atomic mass is 19.1. The molecule has 3 aromatic rings. The monoisotopic (exact) mass is 356 g/mol. The number of carbonyl (C=O) groups excluding carboxylic acids is 1. The Hall–Kier alpha value is -2.80. The highest BCUT2D eigenvalue weighted by Crippen LogP contribution is 2.29. The molecule has 0 saturated carbocycles. The molecule has 0 N–H and O–H groups in total. The fourth-order valence-electron chi connectivity index (χ4n) is 2.82. The van der Waals surface area contributed by atoms with E-state index in [2.05, 4.69) is 10.1 Å². The van der Waals surface area contributed by atoms with Gasteiger partial charge in [-0.3, -0.25) is 0 Å². The molecule has 3 rings (SSSR count). The topological polar surface area (TPSA) is 59.7 Å². The van der Waals surface area contributed by atoms with Crippen molar-refractivity contribution >= 4 is 11.6 Å². The molecule has 1 aromatic carbocycles. The molecule has 2 heterocycles. The summed E-state index contributed by atoms with van der Waals surface area (Å²) in [5.41, 5.74) is 2.97. The summed E-state index contributed by atoms with van der Waals surface area (Å²) in [6, 6.07) is 7.84. The highest BCUT2D eigenvalue weighted by molar-refractivity contribution is 6.03. The minimum Gasteiger partial charge on any atom is -0.465 e. The van der Waals surface area contributed by atoms with E-state index in [0.29, 0.717) is 29.0 Å². The highest BCUT2D eigenvalue weighted by Gasteiger charge is 2.22. The number of benzene rings is 1. The van der Waals surface area contributed by atoms with Crippen LogP contribution in [0.3, 0.4) is 0 Å². The summed E-state index contributed by atoms with van der Waals surface area (Å²) in [6.07, 6.45) is 0.667. The molecule has 0 radical (unpaired) electrons. The number of nitrogens with zero attached hydrogens (tertiary/aromatic N) is 4. The molecule has 6 nitrogen and oxygen atoms in total. The maximum atomic E-state index is 13.3. The van der Waals surface area contributed by atoms with Crippen LogP contribution in [-0.2, 0) is 11.2 Å². The van der Waals surface area contributed by atoms with Crippen molar-refractivity contribution in [1.82, 2.24) is 19.5 Å². The molecule has 0 spiro atoms. The minimum atomic E-state index is -0.499. The molecular formula is C19H21FN4O2. The number of ether oxygens (including phenoxy) is 1. The average molecular weight is 356 g/mol. The first-order chi connectivity index (χ1) is 12.4. The van der Waals surface area contributed by atoms with Crippen molar-refractivity contribution in [3.05, 3.63) is 53.2 Å². The average Bonchev–Trinajstić information content (AvgIpc) is 3.04. The van der Waals surface area contributed by atoms with Crippen LogP contribution in [-0.4, -0.2) is 53.2 Å². The van der Waals surface area contributed by atoms with Crippen molar-refractivity contribution in [3.63, 3.8) is 0 Å². The fraction of sp³-hybridized carbons (Fsp3) is 0.316. The zero-order chi connectivity index (χ0) is 18.8. The summed E-state index contributed by atoms with van der Waals surface area (Å²) in [6.45, 7) is 2.69. The lowest BCUT2D eigenvalue weighted by Gasteiger charge is -2.11. The maximum Gasteiger partial charge on any atom is 0.342 e. The molecule has 0 aliphatic rings. The van der Waals surface area contributed by atoms with Gasteiger partial charge in [-0.2, -0.15) is 5.10 Å². The summed E-state index contributed by atoms with van der Waals surface area (Å²) >= 11 is 0. The number of aryl methyl sites for hydroxylation is 1. The molecule has 0 atom stereocenters. The number of carbonyl (C=O) groups is 1. The maximum absolute atomic E-state index is 13.3. The summed E-state index contributed by atoms with van der Waals surface area (Å²) in [5.74, 6) is -0.177. The number of methoxy groups -OCH3 is 1. The van der Waals surface area contributed by atoms with Gasteiger partial charge in [-0.1, -0.05) is 12.1 Å². The quantitative estimate of drug-likeness (QED) is 0.658. The molecule has 0 aliphatic heterocycles. The van der Waals surface area contributed by atoms with Gasteiger partial charge in [0.2, 0.25) is 0 Å². The van der Waals surface area contributed by atoms with Gasteiger partial charge in [0.25, 0.3) is 0 Å². The Morgan fingerprint density at radius 2 is 1.96 bits per heavy atom. The predicted octanol–water partition coefficient (Wildman–Crippen LogP) is 2.73. The van der Waals surface area contributed by atoms with Crippen LogP contribution in [0.5, 0.6) is 0 Å². The van der Waals surface area contributed by atoms with E-state index in [1.807, 2.05) is 32.0 Å². The first-order valence-corrected chi connectivity index (χ1v) is 8.29. The SMILES string of the molecule is COC(=O)c1c(-c2ccc(F)cc2)cc(C)n2nc(CCN(C)C)nc12. The van der Waals surface area contributed by atoms with Gasteiger partial charge in [-0.25, -0.2) is 18.7 Å². The zero-order valence-electron chi connectivity index (χ0n) is 15.3. The number of hydrogen-bond acceptors (Lipinski definition) is 5. The lowest BCUT2D eigenvalue weighted by molar-refractivity contribution is 0.0603. The number of aromatic nitrogens is 3. The second-order valence-electron chi connectivity index (χ2n) is 6.39. The van der Waals surface area contributed by atoms with Gasteiger partial charge < -0.3 is 9.64 Å². The molecule has 0 amide bonds. The van der Waals surface area contributed by atoms with Crippen molar-refractivity contribution in [2.75, 3.05) is 27.7 Å². The molecule has 7 heteroatoms. The molecule has 2 aromatic heterocycles. The number of esters is 1. The fourth-order valence-corrected chi connectivity index (χ4v) is 2.82. The van der Waals surface area contributed by atoms with Gasteiger partial charge in [-0.15, -0.1) is 0 Å². The van der Waals surface area contributed by atoms with Crippen molar-refractivity contribution < 1.29 is 13.9 Å². The normalized spacial score (nSPS) is 11.3. The summed E-state index contributed by atoms with van der Waals surface area (Å²) in [5, 5.41) is 4.52. The van der Waals surface area contributed by atoms with Crippen LogP contribution < -0.4 is 0 Å². The summed E-state index contributed by atoms with van der Waals surface area (Å²) in [4.78, 5) is 19.1. The van der Waals surface area contributed by atoms with Gasteiger partial charge in [0.15, 0.2) is 11.5 Å². The van der Waals surface area contributed by atoms with E-state index in [0.717, 1.165) is 17.8 Å². The Morgan fingerprint density at radius 1 is 1.27 bits per heavy atom. The van der Waals surface area contributed by atoms with Gasteiger partial charge in [0.1, 0.15) is 11.4 Å². The van der Waals surface area contributed by atoms with E-state index >= 15 is 0 Å². The number of hydrogen-bond donors (Lipinski definition) is 0. The van der Waals surface area contributed by atoms with E-state index in [1.165, 1.54) is 19.2 Å². The van der Waals surface area contributed by atoms with Crippen LogP contribution in [0.2, 0.25) is 0 Å². The standard InChI is InChI=1S/C19H21FN4O2/c1-12-11-15(13-5-7-14(20)8-6-13)17(19(25)26-4)18-21-16(22-24(12)18)9-10-23(2)3/h5-8,11H,9-10H2,1-4H3. The van der Waals surface area contributed by atoms with Crippen LogP contribution in [0, 0.1) is 12.7 Å². The molecule has 0 aliphatic carbocycles. The van der Waals surface area contributed by atoms with Crippen molar-refractivity contribution in [1.29, 1.82) is 0 Å². The van der Waals surface area contributed by atoms with Crippen molar-refractivity contribution in [3.8, 4) is 11.1 Å². The van der Waals surface area contributed by atoms with Gasteiger partial charge in [-0.05, 0) is 44.8 Å². The molecule has 136 valence electrons. The van der Waals surface area contributed by atoms with Crippen LogP contribution in [0.1, 0.15) is 21.9 Å². The smallest absolute Gasteiger partial charge is 0.342 e. The zero-order valence-corrected chi connectivity index (χ0v) is 15.3. The van der Waals surface area contributed by atoms with Crippen LogP contribution >= 0.6 is 0 Å². The number of halogens is 1. The lowest BCUT2D eigenvalue weighted by atomic mass is 10.00. The van der Waals surface area contributed by atoms with Crippen LogP contribution in [0.4, 0.5) is 4.39 Å². The number of pyridine rings is 1. The second kappa shape index (κ2) is 7.21. The van der Waals surface area contributed by atoms with Crippen LogP contribution in [0.25, 0.3) is 16.8 Å². The van der Waals surface area contributed by atoms with E-state index in [4.69, 9.17) is 4.74 Å². The van der Waals surface area contributed by atoms with E-state index in [-0.39, 0.29) is 5.82 Å². The number of likely N-dealkylation sites (N-methyl/N-ethyl adjacent to an activating group) is 1. The molecule has 0 bridgehead atoms. The Balaban J connectivity index is 2.21. The second-order valence-corrected chi connectivity index (χ2v) is 6.39. The van der Waals surface area contributed by atoms with E-state index < -0.39 is 5.97 Å². The molecular weight excluding hydrogens is 335 g/mol. The molecule has 0 fully saturated rings. The van der Waals surface area contributed by atoms with Crippen molar-refractivity contribution in [2.24, 2.45) is 0 Å². The largest absolute Gasteiger partial charge is 0.465 e. The van der Waals surface area contributed by atoms with Gasteiger partial charge in [0, 0.05) is 24.2 Å². The Morgan fingerprint density at radius 3 is 2.58 bits per heavy atom. The first kappa shape index (κ1) is 18.0. The third-order valence-corrected chi connectivity index (χ3v) is 4.16. The lowest BCUT2D eigenvalue weighted by Crippen LogP contribution is -2.15. The first-order valence-electron chi connectivity index (χ1n) is 8.29. The third kappa shape index (κ3) is 3.43. The minimum absolute atomic E-state index is 0.327. The van der Waals surface area contributed by atoms with E-state index in [9.17, 15) is 9.18 Å². The molecule has 26 heavy (non-hydrogen) atoms. The third-order valence-electron chi connectivity index (χ3n) is 4.16. The predicted molar refractivity (Wildman–Crippen MR) is 96.7 cm³/mol. The van der Waals surface area contributed by atoms with Crippen molar-refractivity contribution in [2.45, 2.75) is 13.3 Å².